The molecule has 1 rings (SSSR count). The van der Waals surface area contributed by atoms with Crippen molar-refractivity contribution in [2.24, 2.45) is 0 Å². The van der Waals surface area contributed by atoms with Crippen LogP contribution in [0.3, 0.4) is 0 Å². The van der Waals surface area contributed by atoms with Crippen molar-refractivity contribution in [1.82, 2.24) is 0 Å². The maximum atomic E-state index is 10.8. The van der Waals surface area contributed by atoms with E-state index in [1.54, 1.807) is 12.2 Å². The molecule has 0 atom stereocenters. The zero-order valence-electron chi connectivity index (χ0n) is 8.87. The van der Waals surface area contributed by atoms with Crippen molar-refractivity contribution in [3.63, 3.8) is 0 Å². The normalized spacial score (nSPS) is 10.1. The Labute approximate surface area is 104 Å². The fraction of sp³-hybridized carbons (Fsp3) is 0.182. The average Bonchev–Trinajstić information content (AvgIpc) is 2.34. The van der Waals surface area contributed by atoms with Crippen molar-refractivity contribution >= 4 is 18.3 Å². The summed E-state index contributed by atoms with van der Waals surface area (Å²) in [6.07, 6.45) is 3.49. The molecule has 0 saturated carbocycles. The number of nitriles is 1. The Morgan fingerprint density at radius 1 is 1.53 bits per heavy atom. The molecular formula is C11H10N2O3S. The lowest BCUT2D eigenvalue weighted by Gasteiger charge is -2.03. The molecule has 5 nitrogen and oxygen atoms in total. The topological polar surface area (TPSA) is 76.2 Å². The van der Waals surface area contributed by atoms with Crippen LogP contribution >= 0.6 is 12.6 Å². The second-order valence-electron chi connectivity index (χ2n) is 3.02. The molecule has 0 aliphatic heterocycles. The van der Waals surface area contributed by atoms with Crippen LogP contribution < -0.4 is 4.74 Å². The molecule has 6 heteroatoms. The van der Waals surface area contributed by atoms with Crippen LogP contribution in [0.15, 0.2) is 30.4 Å². The predicted molar refractivity (Wildman–Crippen MR) is 66.3 cm³/mol. The second-order valence-corrected chi connectivity index (χ2v) is 3.38. The van der Waals surface area contributed by atoms with Crippen molar-refractivity contribution in [3.8, 4) is 11.8 Å². The van der Waals surface area contributed by atoms with Gasteiger partial charge in [0.2, 0.25) is 0 Å². The van der Waals surface area contributed by atoms with E-state index in [2.05, 4.69) is 12.6 Å². The molecule has 88 valence electrons. The molecule has 0 N–H and O–H groups in total. The largest absolute Gasteiger partial charge is 0.483 e. The van der Waals surface area contributed by atoms with Crippen molar-refractivity contribution < 1.29 is 9.66 Å². The molecule has 17 heavy (non-hydrogen) atoms. The summed E-state index contributed by atoms with van der Waals surface area (Å²) in [5, 5.41) is 19.4. The molecule has 0 aliphatic carbocycles. The second kappa shape index (κ2) is 6.55. The highest BCUT2D eigenvalue weighted by atomic mass is 32.1. The van der Waals surface area contributed by atoms with Gasteiger partial charge in [-0.15, -0.1) is 0 Å². The summed E-state index contributed by atoms with van der Waals surface area (Å²) in [6.45, 7) is 0.229. The van der Waals surface area contributed by atoms with Gasteiger partial charge >= 0.3 is 5.69 Å². The molecule has 0 saturated heterocycles. The van der Waals surface area contributed by atoms with E-state index in [1.807, 2.05) is 6.07 Å². The van der Waals surface area contributed by atoms with Gasteiger partial charge in [-0.2, -0.15) is 17.9 Å². The van der Waals surface area contributed by atoms with Crippen LogP contribution in [0.4, 0.5) is 5.69 Å². The minimum Gasteiger partial charge on any atom is -0.483 e. The van der Waals surface area contributed by atoms with Gasteiger partial charge in [-0.1, -0.05) is 12.2 Å². The monoisotopic (exact) mass is 250 g/mol. The smallest absolute Gasteiger partial charge is 0.312 e. The van der Waals surface area contributed by atoms with Gasteiger partial charge in [-0.25, -0.2) is 0 Å². The number of nitro benzene ring substituents is 1. The van der Waals surface area contributed by atoms with Crippen LogP contribution in [0, 0.1) is 21.4 Å². The third-order valence-electron chi connectivity index (χ3n) is 1.89. The van der Waals surface area contributed by atoms with E-state index in [-0.39, 0.29) is 23.6 Å². The lowest BCUT2D eigenvalue weighted by molar-refractivity contribution is -0.385. The summed E-state index contributed by atoms with van der Waals surface area (Å²) in [4.78, 5) is 10.2. The van der Waals surface area contributed by atoms with E-state index in [1.165, 1.54) is 18.2 Å². The number of nitrogens with zero attached hydrogens (tertiary/aromatic N) is 2. The van der Waals surface area contributed by atoms with Gasteiger partial charge in [-0.05, 0) is 12.1 Å². The number of hydrogen-bond acceptors (Lipinski definition) is 5. The van der Waals surface area contributed by atoms with Gasteiger partial charge in [0.05, 0.1) is 16.6 Å². The molecule has 1 aromatic carbocycles. The zero-order chi connectivity index (χ0) is 12.7. The fourth-order valence-corrected chi connectivity index (χ4v) is 1.28. The van der Waals surface area contributed by atoms with E-state index in [0.717, 1.165) is 0 Å². The highest BCUT2D eigenvalue weighted by Crippen LogP contribution is 2.27. The number of thiol groups is 1. The predicted octanol–water partition coefficient (Wildman–Crippen LogP) is 2.33. The minimum absolute atomic E-state index is 0.151. The van der Waals surface area contributed by atoms with Crippen LogP contribution in [0.5, 0.6) is 5.75 Å². The Morgan fingerprint density at radius 2 is 2.29 bits per heavy atom. The van der Waals surface area contributed by atoms with Crippen molar-refractivity contribution in [3.05, 3.63) is 46.0 Å². The number of nitro groups is 1. The minimum atomic E-state index is -0.571. The highest BCUT2D eigenvalue weighted by molar-refractivity contribution is 7.80. The first-order chi connectivity index (χ1) is 8.19. The standard InChI is InChI=1S/C11H10N2O3S/c12-8-9-3-4-11(10(7-9)13(14)15)16-5-1-2-6-17/h1-4,7,17H,5-6H2. The quantitative estimate of drug-likeness (QED) is 0.376. The maximum Gasteiger partial charge on any atom is 0.312 e. The molecular weight excluding hydrogens is 240 g/mol. The Bertz CT molecular complexity index is 480. The molecule has 0 aliphatic rings. The molecule has 0 heterocycles. The number of rotatable bonds is 5. The SMILES string of the molecule is N#Cc1ccc(OCC=CCS)c([N+](=O)[O-])c1. The van der Waals surface area contributed by atoms with Gasteiger partial charge in [0.25, 0.3) is 0 Å². The molecule has 0 bridgehead atoms. The zero-order valence-corrected chi connectivity index (χ0v) is 9.76. The third-order valence-corrected chi connectivity index (χ3v) is 2.10. The number of benzene rings is 1. The van der Waals surface area contributed by atoms with Crippen LogP contribution in [-0.4, -0.2) is 17.3 Å². The van der Waals surface area contributed by atoms with Gasteiger partial charge in [0.15, 0.2) is 5.75 Å². The Hall–Kier alpha value is -2.00. The number of hydrogen-bond donors (Lipinski definition) is 1. The summed E-state index contributed by atoms with van der Waals surface area (Å²) < 4.78 is 5.23. The summed E-state index contributed by atoms with van der Waals surface area (Å²) in [5.41, 5.74) is 0.0262. The Kier molecular flexibility index (Phi) is 5.04. The first kappa shape index (κ1) is 13.1. The lowest BCUT2D eigenvalue weighted by Crippen LogP contribution is -1.98. The van der Waals surface area contributed by atoms with Crippen LogP contribution in [-0.2, 0) is 0 Å². The first-order valence-electron chi connectivity index (χ1n) is 4.76. The van der Waals surface area contributed by atoms with Gasteiger partial charge < -0.3 is 4.74 Å². The van der Waals surface area contributed by atoms with Gasteiger partial charge in [-0.3, -0.25) is 10.1 Å². The van der Waals surface area contributed by atoms with E-state index >= 15 is 0 Å². The molecule has 0 unspecified atom stereocenters. The van der Waals surface area contributed by atoms with Gasteiger partial charge in [0.1, 0.15) is 6.61 Å². The van der Waals surface area contributed by atoms with Crippen molar-refractivity contribution in [1.29, 1.82) is 5.26 Å². The van der Waals surface area contributed by atoms with E-state index < -0.39 is 4.92 Å². The highest BCUT2D eigenvalue weighted by Gasteiger charge is 2.15. The first-order valence-corrected chi connectivity index (χ1v) is 5.39. The maximum absolute atomic E-state index is 10.8. The number of ether oxygens (including phenoxy) is 1. The summed E-state index contributed by atoms with van der Waals surface area (Å²) in [5.74, 6) is 0.733. The fourth-order valence-electron chi connectivity index (χ4n) is 1.13. The third kappa shape index (κ3) is 3.81. The molecule has 1 aromatic rings. The lowest BCUT2D eigenvalue weighted by atomic mass is 10.2. The van der Waals surface area contributed by atoms with Crippen LogP contribution in [0.2, 0.25) is 0 Å². The molecule has 0 amide bonds. The van der Waals surface area contributed by atoms with E-state index in [9.17, 15) is 10.1 Å². The molecule has 0 aromatic heterocycles. The molecule has 0 spiro atoms. The summed E-state index contributed by atoms with van der Waals surface area (Å²) in [7, 11) is 0. The van der Waals surface area contributed by atoms with Crippen molar-refractivity contribution in [2.75, 3.05) is 12.4 Å². The molecule has 0 radical (unpaired) electrons. The average molecular weight is 250 g/mol. The van der Waals surface area contributed by atoms with E-state index in [0.29, 0.717) is 5.75 Å². The van der Waals surface area contributed by atoms with Crippen LogP contribution in [0.1, 0.15) is 5.56 Å². The van der Waals surface area contributed by atoms with Crippen LogP contribution in [0.25, 0.3) is 0 Å². The summed E-state index contributed by atoms with van der Waals surface area (Å²) >= 11 is 3.97. The van der Waals surface area contributed by atoms with Crippen molar-refractivity contribution in [2.45, 2.75) is 0 Å². The molecule has 0 fully saturated rings. The van der Waals surface area contributed by atoms with E-state index in [4.69, 9.17) is 10.00 Å². The Balaban J connectivity index is 2.88. The van der Waals surface area contributed by atoms with Gasteiger partial charge in [0, 0.05) is 11.8 Å². The Morgan fingerprint density at radius 3 is 2.88 bits per heavy atom. The summed E-state index contributed by atoms with van der Waals surface area (Å²) in [6, 6.07) is 5.93.